The van der Waals surface area contributed by atoms with E-state index in [1.807, 2.05) is 18.5 Å². The third-order valence-corrected chi connectivity index (χ3v) is 5.96. The van der Waals surface area contributed by atoms with E-state index in [-0.39, 0.29) is 0 Å². The van der Waals surface area contributed by atoms with Gasteiger partial charge in [-0.25, -0.2) is 4.99 Å². The van der Waals surface area contributed by atoms with Crippen LogP contribution in [0.25, 0.3) is 0 Å². The molecule has 0 radical (unpaired) electrons. The zero-order valence-corrected chi connectivity index (χ0v) is 17.4. The number of anilines is 1. The first-order valence-electron chi connectivity index (χ1n) is 10.2. The molecule has 150 valence electrons. The van der Waals surface area contributed by atoms with E-state index in [2.05, 4.69) is 57.4 Å². The molecule has 1 aliphatic carbocycles. The van der Waals surface area contributed by atoms with Gasteiger partial charge < -0.3 is 19.7 Å². The fourth-order valence-corrected chi connectivity index (χ4v) is 3.62. The van der Waals surface area contributed by atoms with Crippen molar-refractivity contribution in [3.05, 3.63) is 41.0 Å². The van der Waals surface area contributed by atoms with Gasteiger partial charge in [-0.3, -0.25) is 0 Å². The van der Waals surface area contributed by atoms with Gasteiger partial charge in [0.15, 0.2) is 11.8 Å². The summed E-state index contributed by atoms with van der Waals surface area (Å²) in [5.41, 5.74) is 4.11. The van der Waals surface area contributed by atoms with Crippen molar-refractivity contribution in [1.29, 1.82) is 0 Å². The predicted octanol–water partition coefficient (Wildman–Crippen LogP) is 2.17. The van der Waals surface area contributed by atoms with Crippen LogP contribution in [0, 0.1) is 20.8 Å². The van der Waals surface area contributed by atoms with Crippen LogP contribution in [0.4, 0.5) is 5.69 Å². The van der Waals surface area contributed by atoms with Crippen LogP contribution in [0.15, 0.2) is 23.2 Å². The Balaban J connectivity index is 1.44. The molecular weight excluding hydrogens is 350 g/mol. The van der Waals surface area contributed by atoms with E-state index in [0.717, 1.165) is 43.8 Å². The van der Waals surface area contributed by atoms with Crippen molar-refractivity contribution in [2.75, 3.05) is 31.1 Å². The van der Waals surface area contributed by atoms with Gasteiger partial charge in [-0.2, -0.15) is 0 Å². The molecule has 7 heteroatoms. The number of aryl methyl sites for hydroxylation is 2. The van der Waals surface area contributed by atoms with Crippen LogP contribution >= 0.6 is 0 Å². The first kappa shape index (κ1) is 18.8. The largest absolute Gasteiger partial charge is 0.368 e. The standard InChI is InChI=1S/C21H31N7/c1-15-6-5-7-19(16(15)2)27-10-12-28(13-11-27)21(23-18-8-9-18)22-14-20-25-24-17(3)26(20)4/h5-7,18H,8-14H2,1-4H3,(H,22,23). The number of rotatable bonds is 4. The number of nitrogens with one attached hydrogen (secondary N) is 1. The second-order valence-electron chi connectivity index (χ2n) is 7.97. The molecule has 0 bridgehead atoms. The summed E-state index contributed by atoms with van der Waals surface area (Å²) in [6, 6.07) is 7.17. The van der Waals surface area contributed by atoms with Gasteiger partial charge >= 0.3 is 0 Å². The molecule has 2 heterocycles. The summed E-state index contributed by atoms with van der Waals surface area (Å²) in [6.45, 7) is 10.9. The zero-order valence-electron chi connectivity index (χ0n) is 17.4. The second kappa shape index (κ2) is 7.81. The predicted molar refractivity (Wildman–Crippen MR) is 113 cm³/mol. The topological polar surface area (TPSA) is 61.6 Å². The third kappa shape index (κ3) is 3.98. The molecule has 2 aromatic rings. The van der Waals surface area contributed by atoms with Crippen LogP contribution in [0.1, 0.15) is 35.6 Å². The molecule has 1 saturated carbocycles. The van der Waals surface area contributed by atoms with Crippen molar-refractivity contribution >= 4 is 11.6 Å². The molecule has 1 saturated heterocycles. The summed E-state index contributed by atoms with van der Waals surface area (Å²) in [5, 5.41) is 12.0. The fraction of sp³-hybridized carbons (Fsp3) is 0.571. The SMILES string of the molecule is Cc1cccc(N2CCN(C(=NCc3nnc(C)n3C)NC3CC3)CC2)c1C. The lowest BCUT2D eigenvalue weighted by Crippen LogP contribution is -2.53. The maximum atomic E-state index is 4.89. The van der Waals surface area contributed by atoms with Crippen molar-refractivity contribution in [2.24, 2.45) is 12.0 Å². The summed E-state index contributed by atoms with van der Waals surface area (Å²) in [7, 11) is 2.00. The summed E-state index contributed by atoms with van der Waals surface area (Å²) in [4.78, 5) is 9.78. The van der Waals surface area contributed by atoms with Crippen molar-refractivity contribution in [1.82, 2.24) is 25.0 Å². The van der Waals surface area contributed by atoms with Gasteiger partial charge in [0.2, 0.25) is 0 Å². The summed E-state index contributed by atoms with van der Waals surface area (Å²) in [5.74, 6) is 2.84. The Kier molecular flexibility index (Phi) is 5.24. The molecule has 0 unspecified atom stereocenters. The lowest BCUT2D eigenvalue weighted by Gasteiger charge is -2.38. The van der Waals surface area contributed by atoms with Gasteiger partial charge in [0.05, 0.1) is 0 Å². The first-order valence-corrected chi connectivity index (χ1v) is 10.2. The third-order valence-electron chi connectivity index (χ3n) is 5.96. The molecule has 2 aliphatic rings. The minimum Gasteiger partial charge on any atom is -0.368 e. The van der Waals surface area contributed by atoms with Crippen molar-refractivity contribution in [3.8, 4) is 0 Å². The van der Waals surface area contributed by atoms with Crippen LogP contribution < -0.4 is 10.2 Å². The molecular formula is C21H31N7. The molecule has 0 amide bonds. The van der Waals surface area contributed by atoms with Crippen LogP contribution in [-0.2, 0) is 13.6 Å². The number of aliphatic imine (C=N–C) groups is 1. The lowest BCUT2D eigenvalue weighted by atomic mass is 10.1. The highest BCUT2D eigenvalue weighted by Gasteiger charge is 2.27. The van der Waals surface area contributed by atoms with Gasteiger partial charge in [0.1, 0.15) is 12.4 Å². The Hall–Kier alpha value is -2.57. The molecule has 0 atom stereocenters. The van der Waals surface area contributed by atoms with Gasteiger partial charge in [0, 0.05) is 45.0 Å². The summed E-state index contributed by atoms with van der Waals surface area (Å²) >= 11 is 0. The maximum absolute atomic E-state index is 4.89. The van der Waals surface area contributed by atoms with E-state index in [9.17, 15) is 0 Å². The monoisotopic (exact) mass is 381 g/mol. The number of hydrogen-bond acceptors (Lipinski definition) is 4. The Labute approximate surface area is 167 Å². The molecule has 28 heavy (non-hydrogen) atoms. The van der Waals surface area contributed by atoms with Crippen molar-refractivity contribution in [3.63, 3.8) is 0 Å². The van der Waals surface area contributed by atoms with E-state index in [1.165, 1.54) is 29.7 Å². The quantitative estimate of drug-likeness (QED) is 0.650. The highest BCUT2D eigenvalue weighted by atomic mass is 15.4. The molecule has 4 rings (SSSR count). The fourth-order valence-electron chi connectivity index (χ4n) is 3.62. The Morgan fingerprint density at radius 1 is 1.11 bits per heavy atom. The summed E-state index contributed by atoms with van der Waals surface area (Å²) < 4.78 is 2.01. The maximum Gasteiger partial charge on any atom is 0.194 e. The minimum atomic E-state index is 0.559. The van der Waals surface area contributed by atoms with Crippen LogP contribution in [0.5, 0.6) is 0 Å². The van der Waals surface area contributed by atoms with E-state index in [0.29, 0.717) is 12.6 Å². The van der Waals surface area contributed by atoms with E-state index >= 15 is 0 Å². The molecule has 1 aromatic carbocycles. The average molecular weight is 382 g/mol. The molecule has 1 aliphatic heterocycles. The highest BCUT2D eigenvalue weighted by Crippen LogP contribution is 2.24. The number of aromatic nitrogens is 3. The lowest BCUT2D eigenvalue weighted by molar-refractivity contribution is 0.371. The highest BCUT2D eigenvalue weighted by molar-refractivity contribution is 5.81. The van der Waals surface area contributed by atoms with Crippen LogP contribution in [0.2, 0.25) is 0 Å². The summed E-state index contributed by atoms with van der Waals surface area (Å²) in [6.07, 6.45) is 2.48. The molecule has 7 nitrogen and oxygen atoms in total. The van der Waals surface area contributed by atoms with Gasteiger partial charge in [-0.15, -0.1) is 10.2 Å². The molecule has 1 aromatic heterocycles. The van der Waals surface area contributed by atoms with Crippen LogP contribution in [0.3, 0.4) is 0 Å². The van der Waals surface area contributed by atoms with Gasteiger partial charge in [0.25, 0.3) is 0 Å². The molecule has 1 N–H and O–H groups in total. The van der Waals surface area contributed by atoms with Crippen molar-refractivity contribution in [2.45, 2.75) is 46.2 Å². The zero-order chi connectivity index (χ0) is 19.7. The Morgan fingerprint density at radius 2 is 1.86 bits per heavy atom. The van der Waals surface area contributed by atoms with E-state index in [1.54, 1.807) is 0 Å². The number of nitrogens with zero attached hydrogens (tertiary/aromatic N) is 6. The number of guanidine groups is 1. The Morgan fingerprint density at radius 3 is 2.50 bits per heavy atom. The van der Waals surface area contributed by atoms with E-state index in [4.69, 9.17) is 4.99 Å². The smallest absolute Gasteiger partial charge is 0.194 e. The van der Waals surface area contributed by atoms with E-state index < -0.39 is 0 Å². The van der Waals surface area contributed by atoms with Crippen LogP contribution in [-0.4, -0.2) is 57.8 Å². The number of benzene rings is 1. The second-order valence-corrected chi connectivity index (χ2v) is 7.97. The normalized spacial score (nSPS) is 17.9. The minimum absolute atomic E-state index is 0.559. The first-order chi connectivity index (χ1) is 13.5. The molecule has 2 fully saturated rings. The molecule has 0 spiro atoms. The van der Waals surface area contributed by atoms with Gasteiger partial charge in [-0.05, 0) is 50.8 Å². The number of hydrogen-bond donors (Lipinski definition) is 1. The van der Waals surface area contributed by atoms with Gasteiger partial charge in [-0.1, -0.05) is 12.1 Å². The number of piperazine rings is 1. The average Bonchev–Trinajstić information content (AvgIpc) is 3.47. The van der Waals surface area contributed by atoms with Crippen molar-refractivity contribution < 1.29 is 0 Å². The Bertz CT molecular complexity index is 858.